The number of nitrogens with zero attached hydrogens (tertiary/aromatic N) is 2. The summed E-state index contributed by atoms with van der Waals surface area (Å²) in [4.78, 5) is 9.54. The lowest BCUT2D eigenvalue weighted by Gasteiger charge is -2.07. The molecule has 0 fully saturated rings. The van der Waals surface area contributed by atoms with Gasteiger partial charge in [0.25, 0.3) is 0 Å². The van der Waals surface area contributed by atoms with Crippen molar-refractivity contribution in [3.63, 3.8) is 0 Å². The lowest BCUT2D eigenvalue weighted by atomic mass is 10.1. The first kappa shape index (κ1) is 17.0. The highest BCUT2D eigenvalue weighted by Gasteiger charge is 2.08. The number of hydrogen-bond donors (Lipinski definition) is 2. The van der Waals surface area contributed by atoms with Crippen molar-refractivity contribution in [3.8, 4) is 5.75 Å². The molecule has 0 aliphatic rings. The van der Waals surface area contributed by atoms with Gasteiger partial charge < -0.3 is 10.2 Å². The fourth-order valence-electron chi connectivity index (χ4n) is 1.83. The van der Waals surface area contributed by atoms with Crippen LogP contribution in [0.25, 0.3) is 0 Å². The third kappa shape index (κ3) is 4.56. The summed E-state index contributed by atoms with van der Waals surface area (Å²) in [5.74, 6) is 0.924. The third-order valence-corrected chi connectivity index (χ3v) is 4.57. The topological polar surface area (TPSA) is 65.7 Å². The van der Waals surface area contributed by atoms with Gasteiger partial charge in [0, 0.05) is 45.2 Å². The highest BCUT2D eigenvalue weighted by atomic mass is 79.9. The standard InChI is InChI=1S/C16H17BrN2O2S/c1-11-16(21)15(12(10-20)8-19-11)9-18-6-7-22-14-4-2-13(17)3-5-14/h2-5,8-9,20-21H,6-7,10H2,1H3. The molecule has 0 unspecified atom stereocenters. The van der Waals surface area contributed by atoms with E-state index < -0.39 is 0 Å². The van der Waals surface area contributed by atoms with Crippen LogP contribution >= 0.6 is 27.7 Å². The van der Waals surface area contributed by atoms with Crippen LogP contribution in [0.3, 0.4) is 0 Å². The summed E-state index contributed by atoms with van der Waals surface area (Å²) in [5, 5.41) is 19.3. The van der Waals surface area contributed by atoms with Gasteiger partial charge in [-0.1, -0.05) is 15.9 Å². The average Bonchev–Trinajstić information content (AvgIpc) is 2.53. The van der Waals surface area contributed by atoms with E-state index in [1.165, 1.54) is 4.90 Å². The van der Waals surface area contributed by atoms with E-state index in [0.29, 0.717) is 23.4 Å². The molecule has 1 aromatic heterocycles. The molecule has 0 atom stereocenters. The zero-order valence-electron chi connectivity index (χ0n) is 12.2. The molecule has 116 valence electrons. The molecule has 1 aromatic carbocycles. The molecular formula is C16H17BrN2O2S. The van der Waals surface area contributed by atoms with Crippen LogP contribution in [0.15, 0.2) is 44.8 Å². The second kappa shape index (κ2) is 8.31. The number of pyridine rings is 1. The minimum absolute atomic E-state index is 0.0795. The van der Waals surface area contributed by atoms with Crippen molar-refractivity contribution in [2.24, 2.45) is 4.99 Å². The van der Waals surface area contributed by atoms with Crippen LogP contribution in [0.1, 0.15) is 16.8 Å². The number of rotatable bonds is 6. The summed E-state index contributed by atoms with van der Waals surface area (Å²) in [6.07, 6.45) is 3.17. The Bertz CT molecular complexity index is 660. The molecule has 0 aliphatic carbocycles. The van der Waals surface area contributed by atoms with E-state index in [1.54, 1.807) is 31.1 Å². The SMILES string of the molecule is Cc1ncc(CO)c(C=NCCSc2ccc(Br)cc2)c1O. The van der Waals surface area contributed by atoms with E-state index in [4.69, 9.17) is 0 Å². The van der Waals surface area contributed by atoms with Crippen LogP contribution in [-0.4, -0.2) is 33.7 Å². The first-order valence-electron chi connectivity index (χ1n) is 6.78. The highest BCUT2D eigenvalue weighted by molar-refractivity contribution is 9.10. The Labute approximate surface area is 142 Å². The van der Waals surface area contributed by atoms with E-state index in [0.717, 1.165) is 10.2 Å². The van der Waals surface area contributed by atoms with Gasteiger partial charge >= 0.3 is 0 Å². The zero-order chi connectivity index (χ0) is 15.9. The number of aromatic nitrogens is 1. The summed E-state index contributed by atoms with van der Waals surface area (Å²) in [6, 6.07) is 8.13. The number of thioether (sulfide) groups is 1. The smallest absolute Gasteiger partial charge is 0.145 e. The second-order valence-electron chi connectivity index (χ2n) is 4.63. The second-order valence-corrected chi connectivity index (χ2v) is 6.71. The van der Waals surface area contributed by atoms with Gasteiger partial charge in [0.2, 0.25) is 0 Å². The van der Waals surface area contributed by atoms with Crippen LogP contribution < -0.4 is 0 Å². The van der Waals surface area contributed by atoms with Crippen molar-refractivity contribution in [1.82, 2.24) is 4.98 Å². The Morgan fingerprint density at radius 2 is 2.05 bits per heavy atom. The Morgan fingerprint density at radius 3 is 2.73 bits per heavy atom. The number of aliphatic hydroxyl groups is 1. The number of halogens is 1. The van der Waals surface area contributed by atoms with Gasteiger partial charge in [-0.2, -0.15) is 0 Å². The van der Waals surface area contributed by atoms with E-state index in [2.05, 4.69) is 38.0 Å². The molecule has 0 amide bonds. The molecule has 1 heterocycles. The predicted molar refractivity (Wildman–Crippen MR) is 93.9 cm³/mol. The summed E-state index contributed by atoms with van der Waals surface area (Å²) in [5.41, 5.74) is 1.65. The van der Waals surface area contributed by atoms with Gasteiger partial charge in [0.15, 0.2) is 0 Å². The maximum absolute atomic E-state index is 10.00. The van der Waals surface area contributed by atoms with E-state index in [1.807, 2.05) is 12.1 Å². The van der Waals surface area contributed by atoms with Crippen LogP contribution in [0, 0.1) is 6.92 Å². The van der Waals surface area contributed by atoms with E-state index in [-0.39, 0.29) is 12.4 Å². The van der Waals surface area contributed by atoms with Gasteiger partial charge in [-0.25, -0.2) is 0 Å². The number of aliphatic imine (C=N–C) groups is 1. The predicted octanol–water partition coefficient (Wildman–Crippen LogP) is 3.56. The maximum Gasteiger partial charge on any atom is 0.145 e. The number of hydrogen-bond acceptors (Lipinski definition) is 5. The maximum atomic E-state index is 10.00. The molecule has 6 heteroatoms. The molecule has 2 aromatic rings. The van der Waals surface area contributed by atoms with Crippen LogP contribution in [-0.2, 0) is 6.61 Å². The molecule has 22 heavy (non-hydrogen) atoms. The molecule has 0 saturated carbocycles. The lowest BCUT2D eigenvalue weighted by Crippen LogP contribution is -1.98. The number of benzene rings is 1. The van der Waals surface area contributed by atoms with Crippen molar-refractivity contribution >= 4 is 33.9 Å². The lowest BCUT2D eigenvalue weighted by molar-refractivity contribution is 0.280. The van der Waals surface area contributed by atoms with Crippen LogP contribution in [0.5, 0.6) is 5.75 Å². The molecule has 4 nitrogen and oxygen atoms in total. The van der Waals surface area contributed by atoms with Crippen molar-refractivity contribution in [3.05, 3.63) is 51.8 Å². The molecule has 2 rings (SSSR count). The van der Waals surface area contributed by atoms with Gasteiger partial charge in [-0.15, -0.1) is 11.8 Å². The van der Waals surface area contributed by atoms with Crippen molar-refractivity contribution in [2.75, 3.05) is 12.3 Å². The first-order chi connectivity index (χ1) is 10.6. The molecule has 0 bridgehead atoms. The summed E-state index contributed by atoms with van der Waals surface area (Å²) < 4.78 is 1.06. The number of aromatic hydroxyl groups is 1. The number of aliphatic hydroxyl groups excluding tert-OH is 1. The van der Waals surface area contributed by atoms with Crippen molar-refractivity contribution in [1.29, 1.82) is 0 Å². The monoisotopic (exact) mass is 380 g/mol. The minimum atomic E-state index is -0.171. The minimum Gasteiger partial charge on any atom is -0.505 e. The van der Waals surface area contributed by atoms with Crippen LogP contribution in [0.4, 0.5) is 0 Å². The zero-order valence-corrected chi connectivity index (χ0v) is 14.6. The quantitative estimate of drug-likeness (QED) is 0.456. The largest absolute Gasteiger partial charge is 0.505 e. The Kier molecular flexibility index (Phi) is 6.42. The first-order valence-corrected chi connectivity index (χ1v) is 8.56. The summed E-state index contributed by atoms with van der Waals surface area (Å²) in [6.45, 7) is 2.18. The molecule has 0 aliphatic heterocycles. The van der Waals surface area contributed by atoms with E-state index >= 15 is 0 Å². The molecule has 0 radical (unpaired) electrons. The molecule has 2 N–H and O–H groups in total. The Morgan fingerprint density at radius 1 is 1.32 bits per heavy atom. The highest BCUT2D eigenvalue weighted by Crippen LogP contribution is 2.22. The summed E-state index contributed by atoms with van der Waals surface area (Å²) >= 11 is 5.13. The fraction of sp³-hybridized carbons (Fsp3) is 0.250. The molecule has 0 spiro atoms. The summed E-state index contributed by atoms with van der Waals surface area (Å²) in [7, 11) is 0. The van der Waals surface area contributed by atoms with Gasteiger partial charge in [-0.3, -0.25) is 9.98 Å². The molecule has 0 saturated heterocycles. The molecular weight excluding hydrogens is 364 g/mol. The van der Waals surface area contributed by atoms with Crippen LogP contribution in [0.2, 0.25) is 0 Å². The number of aryl methyl sites for hydroxylation is 1. The van der Waals surface area contributed by atoms with Gasteiger partial charge in [-0.05, 0) is 31.2 Å². The third-order valence-electron chi connectivity index (χ3n) is 3.05. The normalized spacial score (nSPS) is 11.2. The Hall–Kier alpha value is -1.37. The van der Waals surface area contributed by atoms with Gasteiger partial charge in [0.1, 0.15) is 5.75 Å². The van der Waals surface area contributed by atoms with Crippen molar-refractivity contribution in [2.45, 2.75) is 18.4 Å². The fourth-order valence-corrected chi connectivity index (χ4v) is 2.85. The van der Waals surface area contributed by atoms with Crippen molar-refractivity contribution < 1.29 is 10.2 Å². The Balaban J connectivity index is 1.93. The van der Waals surface area contributed by atoms with E-state index in [9.17, 15) is 10.2 Å². The van der Waals surface area contributed by atoms with Gasteiger partial charge in [0.05, 0.1) is 12.3 Å². The average molecular weight is 381 g/mol.